The molecule has 0 aromatic heterocycles. The second kappa shape index (κ2) is 13.6. The molecule has 0 amide bonds. The van der Waals surface area contributed by atoms with E-state index in [1.807, 2.05) is 24.3 Å². The monoisotopic (exact) mass is 533 g/mol. The second-order valence-electron chi connectivity index (χ2n) is 5.85. The first-order chi connectivity index (χ1) is 14.1. The van der Waals surface area contributed by atoms with E-state index in [0.29, 0.717) is 25.7 Å². The SMILES string of the molecule is C=CCOc1ccccc1CNC(=NC)NCc1ccc(OC)c(OC(F)F)c1.I. The molecular weight excluding hydrogens is 507 g/mol. The number of rotatable bonds is 10. The van der Waals surface area contributed by atoms with E-state index in [9.17, 15) is 8.78 Å². The Balaban J connectivity index is 0.00000450. The van der Waals surface area contributed by atoms with Crippen LogP contribution in [-0.4, -0.2) is 33.3 Å². The zero-order valence-corrected chi connectivity index (χ0v) is 19.2. The minimum atomic E-state index is -2.93. The second-order valence-corrected chi connectivity index (χ2v) is 5.85. The van der Waals surface area contributed by atoms with Crippen LogP contribution in [0.4, 0.5) is 8.78 Å². The first-order valence-electron chi connectivity index (χ1n) is 8.95. The van der Waals surface area contributed by atoms with Crippen molar-refractivity contribution in [1.29, 1.82) is 0 Å². The van der Waals surface area contributed by atoms with Crippen molar-refractivity contribution in [3.05, 3.63) is 66.2 Å². The maximum absolute atomic E-state index is 12.6. The smallest absolute Gasteiger partial charge is 0.387 e. The Hall–Kier alpha value is -2.56. The van der Waals surface area contributed by atoms with Crippen LogP contribution in [0.1, 0.15) is 11.1 Å². The van der Waals surface area contributed by atoms with Gasteiger partial charge < -0.3 is 24.8 Å². The number of nitrogens with zero attached hydrogens (tertiary/aromatic N) is 1. The first kappa shape index (κ1) is 25.5. The number of alkyl halides is 2. The Morgan fingerprint density at radius 2 is 1.83 bits per heavy atom. The average molecular weight is 533 g/mol. The summed E-state index contributed by atoms with van der Waals surface area (Å²) in [4.78, 5) is 4.18. The lowest BCUT2D eigenvalue weighted by atomic mass is 10.2. The minimum absolute atomic E-state index is 0. The number of guanidine groups is 1. The van der Waals surface area contributed by atoms with Crippen LogP contribution in [-0.2, 0) is 13.1 Å². The predicted molar refractivity (Wildman–Crippen MR) is 124 cm³/mol. The Morgan fingerprint density at radius 1 is 1.10 bits per heavy atom. The van der Waals surface area contributed by atoms with Crippen LogP contribution < -0.4 is 24.8 Å². The molecule has 30 heavy (non-hydrogen) atoms. The summed E-state index contributed by atoms with van der Waals surface area (Å²) in [7, 11) is 3.04. The fourth-order valence-electron chi connectivity index (χ4n) is 2.54. The van der Waals surface area contributed by atoms with Gasteiger partial charge in [-0.1, -0.05) is 36.9 Å². The summed E-state index contributed by atoms with van der Waals surface area (Å²) in [5, 5.41) is 6.33. The van der Waals surface area contributed by atoms with E-state index in [1.54, 1.807) is 25.3 Å². The minimum Gasteiger partial charge on any atom is -0.493 e. The van der Waals surface area contributed by atoms with Gasteiger partial charge in [-0.3, -0.25) is 4.99 Å². The number of benzene rings is 2. The van der Waals surface area contributed by atoms with Crippen molar-refractivity contribution in [2.45, 2.75) is 19.7 Å². The van der Waals surface area contributed by atoms with Crippen molar-refractivity contribution in [2.24, 2.45) is 4.99 Å². The summed E-state index contributed by atoms with van der Waals surface area (Å²) in [5.41, 5.74) is 1.70. The quantitative estimate of drug-likeness (QED) is 0.206. The molecule has 0 aliphatic heterocycles. The number of hydrogen-bond acceptors (Lipinski definition) is 4. The van der Waals surface area contributed by atoms with Gasteiger partial charge in [0.15, 0.2) is 17.5 Å². The summed E-state index contributed by atoms with van der Waals surface area (Å²) in [5.74, 6) is 1.54. The molecule has 0 bridgehead atoms. The van der Waals surface area contributed by atoms with Crippen molar-refractivity contribution < 1.29 is 23.0 Å². The topological polar surface area (TPSA) is 64.1 Å². The van der Waals surface area contributed by atoms with Gasteiger partial charge in [0.25, 0.3) is 0 Å². The van der Waals surface area contributed by atoms with Crippen molar-refractivity contribution >= 4 is 29.9 Å². The van der Waals surface area contributed by atoms with E-state index in [2.05, 4.69) is 26.9 Å². The Labute approximate surface area is 192 Å². The summed E-state index contributed by atoms with van der Waals surface area (Å²) >= 11 is 0. The van der Waals surface area contributed by atoms with Crippen LogP contribution in [0.3, 0.4) is 0 Å². The molecule has 2 N–H and O–H groups in total. The molecule has 164 valence electrons. The molecule has 0 aliphatic rings. The average Bonchev–Trinajstić information content (AvgIpc) is 2.72. The summed E-state index contributed by atoms with van der Waals surface area (Å²) < 4.78 is 40.3. The number of aliphatic imine (C=N–C) groups is 1. The van der Waals surface area contributed by atoms with Gasteiger partial charge in [-0.25, -0.2) is 0 Å². The van der Waals surface area contributed by atoms with Crippen molar-refractivity contribution in [3.63, 3.8) is 0 Å². The molecule has 0 radical (unpaired) electrons. The highest BCUT2D eigenvalue weighted by Crippen LogP contribution is 2.29. The standard InChI is InChI=1S/C21H25F2N3O3.HI/c1-4-11-28-17-8-6-5-7-16(17)14-26-21(24-2)25-13-15-9-10-18(27-3)19(12-15)29-20(22)23;/h4-10,12,20H,1,11,13-14H2,2-3H3,(H2,24,25,26);1H. The molecule has 9 heteroatoms. The van der Waals surface area contributed by atoms with Crippen molar-refractivity contribution in [2.75, 3.05) is 20.8 Å². The molecular formula is C21H26F2IN3O3. The lowest BCUT2D eigenvalue weighted by molar-refractivity contribution is -0.0512. The number of hydrogen-bond donors (Lipinski definition) is 2. The molecule has 0 saturated carbocycles. The molecule has 0 saturated heterocycles. The third kappa shape index (κ3) is 8.05. The molecule has 2 rings (SSSR count). The number of methoxy groups -OCH3 is 1. The summed E-state index contributed by atoms with van der Waals surface area (Å²) in [6, 6.07) is 12.5. The molecule has 0 spiro atoms. The molecule has 2 aromatic carbocycles. The first-order valence-corrected chi connectivity index (χ1v) is 8.95. The van der Waals surface area contributed by atoms with E-state index in [1.165, 1.54) is 13.2 Å². The summed E-state index contributed by atoms with van der Waals surface area (Å²) in [6.45, 7) is 2.00. The Kier molecular flexibility index (Phi) is 11.6. The highest BCUT2D eigenvalue weighted by molar-refractivity contribution is 14.0. The van der Waals surface area contributed by atoms with Crippen LogP contribution in [0.25, 0.3) is 0 Å². The Morgan fingerprint density at radius 3 is 2.50 bits per heavy atom. The fourth-order valence-corrected chi connectivity index (χ4v) is 2.54. The van der Waals surface area contributed by atoms with Gasteiger partial charge >= 0.3 is 6.61 Å². The predicted octanol–water partition coefficient (Wildman–Crippen LogP) is 4.34. The van der Waals surface area contributed by atoms with Crippen LogP contribution in [0.2, 0.25) is 0 Å². The van der Waals surface area contributed by atoms with Gasteiger partial charge in [-0.2, -0.15) is 8.78 Å². The normalized spacial score (nSPS) is 10.8. The third-order valence-corrected chi connectivity index (χ3v) is 3.90. The third-order valence-electron chi connectivity index (χ3n) is 3.90. The lowest BCUT2D eigenvalue weighted by Gasteiger charge is -2.15. The molecule has 0 fully saturated rings. The molecule has 0 atom stereocenters. The van der Waals surface area contributed by atoms with Crippen LogP contribution in [0, 0.1) is 0 Å². The lowest BCUT2D eigenvalue weighted by Crippen LogP contribution is -2.36. The van der Waals surface area contributed by atoms with E-state index in [0.717, 1.165) is 16.9 Å². The van der Waals surface area contributed by atoms with Gasteiger partial charge in [-0.15, -0.1) is 24.0 Å². The maximum Gasteiger partial charge on any atom is 0.387 e. The largest absolute Gasteiger partial charge is 0.493 e. The van der Waals surface area contributed by atoms with Crippen LogP contribution in [0.15, 0.2) is 60.1 Å². The number of nitrogens with one attached hydrogen (secondary N) is 2. The molecule has 2 aromatic rings. The highest BCUT2D eigenvalue weighted by atomic mass is 127. The molecule has 0 aliphatic carbocycles. The molecule has 0 unspecified atom stereocenters. The van der Waals surface area contributed by atoms with Gasteiger partial charge in [0.05, 0.1) is 7.11 Å². The molecule has 0 heterocycles. The van der Waals surface area contributed by atoms with E-state index in [4.69, 9.17) is 9.47 Å². The van der Waals surface area contributed by atoms with Crippen LogP contribution >= 0.6 is 24.0 Å². The van der Waals surface area contributed by atoms with E-state index < -0.39 is 6.61 Å². The van der Waals surface area contributed by atoms with Gasteiger partial charge in [0, 0.05) is 25.7 Å². The van der Waals surface area contributed by atoms with Gasteiger partial charge in [-0.05, 0) is 23.8 Å². The van der Waals surface area contributed by atoms with Crippen LogP contribution in [0.5, 0.6) is 17.2 Å². The highest BCUT2D eigenvalue weighted by Gasteiger charge is 2.11. The van der Waals surface area contributed by atoms with Gasteiger partial charge in [0.2, 0.25) is 0 Å². The van der Waals surface area contributed by atoms with E-state index >= 15 is 0 Å². The van der Waals surface area contributed by atoms with Gasteiger partial charge in [0.1, 0.15) is 12.4 Å². The maximum atomic E-state index is 12.6. The van der Waals surface area contributed by atoms with Crippen molar-refractivity contribution in [3.8, 4) is 17.2 Å². The number of para-hydroxylation sites is 1. The number of halogens is 3. The summed E-state index contributed by atoms with van der Waals surface area (Å²) in [6.07, 6.45) is 1.69. The zero-order chi connectivity index (χ0) is 21.1. The van der Waals surface area contributed by atoms with Crippen molar-refractivity contribution in [1.82, 2.24) is 10.6 Å². The fraction of sp³-hybridized carbons (Fsp3) is 0.286. The molecule has 6 nitrogen and oxygen atoms in total. The number of ether oxygens (including phenoxy) is 3. The van der Waals surface area contributed by atoms with E-state index in [-0.39, 0.29) is 35.5 Å². The Bertz CT molecular complexity index is 835. The zero-order valence-electron chi connectivity index (χ0n) is 16.9.